The van der Waals surface area contributed by atoms with Crippen LogP contribution in [0, 0.1) is 5.92 Å². The van der Waals surface area contributed by atoms with Gasteiger partial charge in [-0.2, -0.15) is 0 Å². The molecule has 0 aliphatic rings. The molecule has 0 amide bonds. The van der Waals surface area contributed by atoms with Gasteiger partial charge in [0, 0.05) is 7.11 Å². The fourth-order valence-electron chi connectivity index (χ4n) is 1.53. The van der Waals surface area contributed by atoms with Crippen LogP contribution in [0.3, 0.4) is 0 Å². The first-order chi connectivity index (χ1) is 5.89. The zero-order valence-corrected chi connectivity index (χ0v) is 9.00. The van der Waals surface area contributed by atoms with Crippen LogP contribution in [0.4, 0.5) is 0 Å². The van der Waals surface area contributed by atoms with E-state index in [1.54, 1.807) is 19.0 Å². The maximum Gasteiger partial charge on any atom is 0.326 e. The summed E-state index contributed by atoms with van der Waals surface area (Å²) in [6, 6.07) is 0. The third-order valence-corrected chi connectivity index (χ3v) is 2.49. The van der Waals surface area contributed by atoms with Crippen molar-refractivity contribution in [3.8, 4) is 0 Å². The summed E-state index contributed by atoms with van der Waals surface area (Å²) in [5.41, 5.74) is -0.922. The lowest BCUT2D eigenvalue weighted by atomic mass is 9.86. The summed E-state index contributed by atoms with van der Waals surface area (Å²) in [6.07, 6.45) is 0. The highest BCUT2D eigenvalue weighted by molar-refractivity contribution is 5.79. The smallest absolute Gasteiger partial charge is 0.326 e. The number of carboxylic acid groups (broad SMARTS) is 1. The maximum absolute atomic E-state index is 11.2. The van der Waals surface area contributed by atoms with Crippen molar-refractivity contribution < 1.29 is 14.6 Å². The molecule has 4 heteroatoms. The zero-order valence-electron chi connectivity index (χ0n) is 9.00. The first kappa shape index (κ1) is 12.4. The van der Waals surface area contributed by atoms with Gasteiger partial charge >= 0.3 is 5.97 Å². The number of nitrogens with zero attached hydrogens (tertiary/aromatic N) is 1. The van der Waals surface area contributed by atoms with Crippen LogP contribution in [0.5, 0.6) is 0 Å². The first-order valence-electron chi connectivity index (χ1n) is 4.29. The number of hydrogen-bond acceptors (Lipinski definition) is 3. The number of carbonyl (C=O) groups is 1. The molecule has 0 aliphatic carbocycles. The second-order valence-corrected chi connectivity index (χ2v) is 3.71. The normalized spacial score (nSPS) is 16.2. The highest BCUT2D eigenvalue weighted by atomic mass is 16.5. The van der Waals surface area contributed by atoms with E-state index in [0.717, 1.165) is 0 Å². The van der Waals surface area contributed by atoms with E-state index >= 15 is 0 Å². The molecule has 1 unspecified atom stereocenters. The molecule has 0 aromatic carbocycles. The molecule has 4 nitrogen and oxygen atoms in total. The van der Waals surface area contributed by atoms with Crippen molar-refractivity contribution in [1.29, 1.82) is 0 Å². The minimum absolute atomic E-state index is 0.0000463. The van der Waals surface area contributed by atoms with E-state index < -0.39 is 11.5 Å². The lowest BCUT2D eigenvalue weighted by Gasteiger charge is -2.38. The van der Waals surface area contributed by atoms with Crippen molar-refractivity contribution in [2.24, 2.45) is 5.92 Å². The number of rotatable bonds is 5. The molecule has 0 saturated carbocycles. The van der Waals surface area contributed by atoms with E-state index in [9.17, 15) is 9.90 Å². The first-order valence-corrected chi connectivity index (χ1v) is 4.29. The van der Waals surface area contributed by atoms with Crippen LogP contribution >= 0.6 is 0 Å². The molecule has 0 heterocycles. The third kappa shape index (κ3) is 2.19. The van der Waals surface area contributed by atoms with Gasteiger partial charge in [-0.05, 0) is 20.0 Å². The Morgan fingerprint density at radius 2 is 2.00 bits per heavy atom. The van der Waals surface area contributed by atoms with E-state index in [4.69, 9.17) is 4.74 Å². The van der Waals surface area contributed by atoms with Gasteiger partial charge < -0.3 is 9.84 Å². The molecule has 1 N–H and O–H groups in total. The van der Waals surface area contributed by atoms with Crippen molar-refractivity contribution >= 4 is 5.97 Å². The average molecular weight is 189 g/mol. The molecule has 0 aromatic heterocycles. The van der Waals surface area contributed by atoms with Crippen molar-refractivity contribution in [1.82, 2.24) is 4.90 Å². The monoisotopic (exact) mass is 189 g/mol. The number of aliphatic carboxylic acids is 1. The van der Waals surface area contributed by atoms with Gasteiger partial charge in [0.25, 0.3) is 0 Å². The highest BCUT2D eigenvalue weighted by Gasteiger charge is 2.44. The van der Waals surface area contributed by atoms with E-state index in [0.29, 0.717) is 0 Å². The van der Waals surface area contributed by atoms with Crippen LogP contribution in [-0.4, -0.2) is 49.3 Å². The van der Waals surface area contributed by atoms with Crippen molar-refractivity contribution in [2.45, 2.75) is 19.4 Å². The van der Waals surface area contributed by atoms with Crippen molar-refractivity contribution in [3.05, 3.63) is 0 Å². The number of ether oxygens (including phenoxy) is 1. The summed E-state index contributed by atoms with van der Waals surface area (Å²) in [5, 5.41) is 9.17. The van der Waals surface area contributed by atoms with E-state index in [1.807, 2.05) is 13.8 Å². The standard InChI is InChI=1S/C9H19NO3/c1-7(2)9(6-13-5,8(11)12)10(3)4/h7H,6H2,1-5H3,(H,11,12). The van der Waals surface area contributed by atoms with Crippen LogP contribution in [-0.2, 0) is 9.53 Å². The summed E-state index contributed by atoms with van der Waals surface area (Å²) < 4.78 is 4.97. The van der Waals surface area contributed by atoms with Gasteiger partial charge in [-0.1, -0.05) is 13.8 Å². The Hall–Kier alpha value is -0.610. The lowest BCUT2D eigenvalue weighted by Crippen LogP contribution is -2.58. The number of likely N-dealkylation sites (N-methyl/N-ethyl adjacent to an activating group) is 1. The van der Waals surface area contributed by atoms with Crippen LogP contribution in [0.25, 0.3) is 0 Å². The molecule has 1 atom stereocenters. The van der Waals surface area contributed by atoms with E-state index in [1.165, 1.54) is 7.11 Å². The molecular formula is C9H19NO3. The van der Waals surface area contributed by atoms with Crippen LogP contribution in [0.2, 0.25) is 0 Å². The van der Waals surface area contributed by atoms with E-state index in [2.05, 4.69) is 0 Å². The summed E-state index contributed by atoms with van der Waals surface area (Å²) in [7, 11) is 5.03. The molecule has 0 bridgehead atoms. The second kappa shape index (κ2) is 4.58. The number of carboxylic acids is 1. The molecule has 13 heavy (non-hydrogen) atoms. The van der Waals surface area contributed by atoms with Gasteiger partial charge in [0.2, 0.25) is 0 Å². The Morgan fingerprint density at radius 1 is 1.54 bits per heavy atom. The van der Waals surface area contributed by atoms with Gasteiger partial charge in [-0.25, -0.2) is 0 Å². The van der Waals surface area contributed by atoms with Crippen molar-refractivity contribution in [2.75, 3.05) is 27.8 Å². The van der Waals surface area contributed by atoms with Crippen LogP contribution < -0.4 is 0 Å². The van der Waals surface area contributed by atoms with Gasteiger partial charge in [-0.3, -0.25) is 9.69 Å². The molecule has 0 spiro atoms. The van der Waals surface area contributed by atoms with Gasteiger partial charge in [0.05, 0.1) is 6.61 Å². The Labute approximate surface area is 79.5 Å². The molecule has 0 aliphatic heterocycles. The quantitative estimate of drug-likeness (QED) is 0.690. The van der Waals surface area contributed by atoms with Gasteiger partial charge in [0.1, 0.15) is 5.54 Å². The molecule has 0 radical (unpaired) electrons. The number of methoxy groups -OCH3 is 1. The Morgan fingerprint density at radius 3 is 2.08 bits per heavy atom. The van der Waals surface area contributed by atoms with Crippen LogP contribution in [0.1, 0.15) is 13.8 Å². The largest absolute Gasteiger partial charge is 0.480 e. The predicted octanol–water partition coefficient (Wildman–Crippen LogP) is 0.674. The van der Waals surface area contributed by atoms with Gasteiger partial charge in [0.15, 0.2) is 0 Å². The molecule has 0 saturated heterocycles. The Balaban J connectivity index is 4.93. The van der Waals surface area contributed by atoms with Crippen molar-refractivity contribution in [3.63, 3.8) is 0 Å². The second-order valence-electron chi connectivity index (χ2n) is 3.71. The summed E-state index contributed by atoms with van der Waals surface area (Å²) >= 11 is 0. The SMILES string of the molecule is COCC(C(=O)O)(C(C)C)N(C)C. The molecule has 0 aromatic rings. The van der Waals surface area contributed by atoms with Crippen LogP contribution in [0.15, 0.2) is 0 Å². The molecular weight excluding hydrogens is 170 g/mol. The topological polar surface area (TPSA) is 49.8 Å². The zero-order chi connectivity index (χ0) is 10.6. The van der Waals surface area contributed by atoms with E-state index in [-0.39, 0.29) is 12.5 Å². The molecule has 78 valence electrons. The fraction of sp³-hybridized carbons (Fsp3) is 0.889. The maximum atomic E-state index is 11.2. The average Bonchev–Trinajstić information content (AvgIpc) is 1.97. The summed E-state index contributed by atoms with van der Waals surface area (Å²) in [6.45, 7) is 3.97. The minimum Gasteiger partial charge on any atom is -0.480 e. The summed E-state index contributed by atoms with van der Waals surface area (Å²) in [4.78, 5) is 12.9. The predicted molar refractivity (Wildman–Crippen MR) is 50.8 cm³/mol. The lowest BCUT2D eigenvalue weighted by molar-refractivity contribution is -0.157. The van der Waals surface area contributed by atoms with Gasteiger partial charge in [-0.15, -0.1) is 0 Å². The fourth-order valence-corrected chi connectivity index (χ4v) is 1.53. The highest BCUT2D eigenvalue weighted by Crippen LogP contribution is 2.23. The summed E-state index contributed by atoms with van der Waals surface area (Å²) in [5.74, 6) is -0.839. The number of hydrogen-bond donors (Lipinski definition) is 1. The molecule has 0 rings (SSSR count). The Kier molecular flexibility index (Phi) is 4.36. The minimum atomic E-state index is -0.922. The molecule has 0 fully saturated rings. The Bertz CT molecular complexity index is 170. The third-order valence-electron chi connectivity index (χ3n) is 2.49.